The van der Waals surface area contributed by atoms with Crippen LogP contribution in [0, 0.1) is 0 Å². The molecule has 0 saturated heterocycles. The van der Waals surface area contributed by atoms with Crippen molar-refractivity contribution in [2.75, 3.05) is 6.61 Å². The molecule has 29 heavy (non-hydrogen) atoms. The summed E-state index contributed by atoms with van der Waals surface area (Å²) in [6, 6.07) is 20.6. The lowest BCUT2D eigenvalue weighted by atomic mass is 10.2. The fourth-order valence-electron chi connectivity index (χ4n) is 3.88. The summed E-state index contributed by atoms with van der Waals surface area (Å²) in [7, 11) is -6.29. The highest BCUT2D eigenvalue weighted by molar-refractivity contribution is 7.89. The maximum atomic E-state index is 12.0. The van der Waals surface area contributed by atoms with Gasteiger partial charge in [-0.3, -0.25) is 0 Å². The van der Waals surface area contributed by atoms with E-state index in [0.29, 0.717) is 25.9 Å². The van der Waals surface area contributed by atoms with Crippen LogP contribution in [-0.4, -0.2) is 28.6 Å². The number of hydrogen-bond donors (Lipinski definition) is 1. The molecule has 0 amide bonds. The smallest absolute Gasteiger partial charge is 0.261 e. The van der Waals surface area contributed by atoms with Crippen molar-refractivity contribution < 1.29 is 12.8 Å². The Kier molecular flexibility index (Phi) is 7.99. The van der Waals surface area contributed by atoms with Crippen molar-refractivity contribution in [3.63, 3.8) is 0 Å². The highest BCUT2D eigenvalue weighted by Gasteiger charge is 2.50. The summed E-state index contributed by atoms with van der Waals surface area (Å²) in [4.78, 5) is 0. The zero-order chi connectivity index (χ0) is 21.5. The van der Waals surface area contributed by atoms with E-state index >= 15 is 0 Å². The first kappa shape index (κ1) is 23.5. The summed E-state index contributed by atoms with van der Waals surface area (Å²) in [5.74, 6) is 0. The van der Waals surface area contributed by atoms with E-state index in [0.717, 1.165) is 0 Å². The van der Waals surface area contributed by atoms with Crippen molar-refractivity contribution >= 4 is 28.7 Å². The molecule has 0 saturated carbocycles. The summed E-state index contributed by atoms with van der Waals surface area (Å²) >= 11 is 0. The Labute approximate surface area is 177 Å². The molecule has 0 fully saturated rings. The Bertz CT molecular complexity index is 838. The van der Waals surface area contributed by atoms with Gasteiger partial charge in [-0.25, -0.2) is 13.6 Å². The first-order chi connectivity index (χ1) is 13.6. The maximum Gasteiger partial charge on any atom is 0.261 e. The van der Waals surface area contributed by atoms with Gasteiger partial charge in [-0.05, 0) is 34.7 Å². The molecule has 0 aliphatic carbocycles. The highest BCUT2D eigenvalue weighted by Crippen LogP contribution is 2.37. The molecule has 2 rings (SSSR count). The summed E-state index contributed by atoms with van der Waals surface area (Å²) in [5.41, 5.74) is 0. The monoisotopic (exact) mass is 431 g/mol. The summed E-state index contributed by atoms with van der Waals surface area (Å²) < 4.78 is 30.8. The van der Waals surface area contributed by atoms with Crippen LogP contribution in [0.4, 0.5) is 0 Å². The van der Waals surface area contributed by atoms with E-state index in [1.165, 1.54) is 10.4 Å². The average Bonchev–Trinajstić information content (AvgIpc) is 2.67. The van der Waals surface area contributed by atoms with Crippen LogP contribution in [0.1, 0.15) is 40.0 Å². The number of benzene rings is 2. The third kappa shape index (κ3) is 5.66. The van der Waals surface area contributed by atoms with Gasteiger partial charge in [0, 0.05) is 6.61 Å². The zero-order valence-corrected chi connectivity index (χ0v) is 19.5. The molecule has 0 heterocycles. The Balaban J connectivity index is 2.42. The predicted octanol–water partition coefficient (Wildman–Crippen LogP) is 3.58. The Morgan fingerprint density at radius 1 is 1.00 bits per heavy atom. The van der Waals surface area contributed by atoms with Gasteiger partial charge in [0.2, 0.25) is 10.0 Å². The van der Waals surface area contributed by atoms with Crippen molar-refractivity contribution in [1.82, 2.24) is 0 Å². The van der Waals surface area contributed by atoms with Gasteiger partial charge in [0.05, 0.1) is 5.25 Å². The molecule has 1 unspecified atom stereocenters. The number of rotatable bonds is 10. The van der Waals surface area contributed by atoms with Crippen LogP contribution in [0.25, 0.3) is 0 Å². The molecule has 6 heteroatoms. The summed E-state index contributed by atoms with van der Waals surface area (Å²) in [6.45, 7) is 10.6. The maximum absolute atomic E-state index is 12.0. The van der Waals surface area contributed by atoms with Crippen molar-refractivity contribution in [1.29, 1.82) is 0 Å². The number of nitrogens with two attached hydrogens (primary N) is 1. The third-order valence-corrected chi connectivity index (χ3v) is 11.8. The topological polar surface area (TPSA) is 69.4 Å². The molecule has 0 aliphatic heterocycles. The minimum atomic E-state index is -3.63. The third-order valence-electron chi connectivity index (χ3n) is 5.33. The molecule has 0 aliphatic rings. The van der Waals surface area contributed by atoms with E-state index in [2.05, 4.69) is 51.6 Å². The van der Waals surface area contributed by atoms with Crippen LogP contribution < -0.4 is 15.5 Å². The number of sulfonamides is 1. The number of primary sulfonamides is 1. The normalized spacial score (nSPS) is 13.8. The lowest BCUT2D eigenvalue weighted by molar-refractivity contribution is 0.287. The predicted molar refractivity (Wildman–Crippen MR) is 125 cm³/mol. The van der Waals surface area contributed by atoms with Crippen LogP contribution >= 0.6 is 0 Å². The molecule has 2 aromatic rings. The Hall–Kier alpha value is -1.73. The Morgan fingerprint density at radius 3 is 1.86 bits per heavy atom. The van der Waals surface area contributed by atoms with Crippen molar-refractivity contribution in [3.05, 3.63) is 73.3 Å². The highest BCUT2D eigenvalue weighted by atomic mass is 32.2. The molecule has 0 bridgehead atoms. The number of allylic oxidation sites excluding steroid dienone is 1. The van der Waals surface area contributed by atoms with E-state index in [4.69, 9.17) is 9.56 Å². The van der Waals surface area contributed by atoms with Gasteiger partial charge in [0.15, 0.2) is 0 Å². The summed E-state index contributed by atoms with van der Waals surface area (Å²) in [5, 5.41) is 7.06. The van der Waals surface area contributed by atoms with Gasteiger partial charge < -0.3 is 4.43 Å². The van der Waals surface area contributed by atoms with Gasteiger partial charge in [0.25, 0.3) is 8.32 Å². The fraction of sp³-hybridized carbons (Fsp3) is 0.391. The number of hydrogen-bond acceptors (Lipinski definition) is 3. The minimum absolute atomic E-state index is 0.145. The van der Waals surface area contributed by atoms with Gasteiger partial charge in [-0.2, -0.15) is 0 Å². The van der Waals surface area contributed by atoms with Crippen molar-refractivity contribution in [2.24, 2.45) is 5.14 Å². The molecular weight excluding hydrogens is 398 g/mol. The first-order valence-corrected chi connectivity index (χ1v) is 13.5. The molecule has 2 aromatic carbocycles. The SMILES string of the molecule is C=CCCC(CCO[Si](c1ccccc1)(c1ccccc1)C(C)(C)C)S(N)(=O)=O. The molecule has 2 N–H and O–H groups in total. The van der Waals surface area contributed by atoms with Crippen LogP contribution in [0.15, 0.2) is 73.3 Å². The van der Waals surface area contributed by atoms with E-state index in [1.54, 1.807) is 6.08 Å². The van der Waals surface area contributed by atoms with Crippen LogP contribution in [-0.2, 0) is 14.4 Å². The van der Waals surface area contributed by atoms with E-state index < -0.39 is 23.6 Å². The lowest BCUT2D eigenvalue weighted by Gasteiger charge is -2.43. The second kappa shape index (κ2) is 9.85. The molecule has 0 radical (unpaired) electrons. The fourth-order valence-corrected chi connectivity index (χ4v) is 9.35. The molecule has 4 nitrogen and oxygen atoms in total. The van der Waals surface area contributed by atoms with Crippen LogP contribution in [0.3, 0.4) is 0 Å². The molecule has 1 atom stereocenters. The molecular formula is C23H33NO3SSi. The second-order valence-electron chi connectivity index (χ2n) is 8.38. The van der Waals surface area contributed by atoms with E-state index in [1.807, 2.05) is 36.4 Å². The van der Waals surface area contributed by atoms with Crippen molar-refractivity contribution in [2.45, 2.75) is 50.3 Å². The standard InChI is InChI=1S/C23H33NO3SSi/c1-5-6-13-20(28(24,25)26)18-19-27-29(23(2,3)4,21-14-9-7-10-15-21)22-16-11-8-12-17-22/h5,7-12,14-17,20H,1,6,13,18-19H2,2-4H3,(H2,24,25,26). The molecule has 158 valence electrons. The van der Waals surface area contributed by atoms with Gasteiger partial charge in [0.1, 0.15) is 0 Å². The quantitative estimate of drug-likeness (QED) is 0.462. The van der Waals surface area contributed by atoms with Crippen molar-refractivity contribution in [3.8, 4) is 0 Å². The molecule has 0 aromatic heterocycles. The average molecular weight is 432 g/mol. The summed E-state index contributed by atoms with van der Waals surface area (Å²) in [6.07, 6.45) is 3.17. The first-order valence-electron chi connectivity index (χ1n) is 10.0. The van der Waals surface area contributed by atoms with Crippen LogP contribution in [0.2, 0.25) is 5.04 Å². The second-order valence-corrected chi connectivity index (χ2v) is 14.5. The van der Waals surface area contributed by atoms with Crippen LogP contribution in [0.5, 0.6) is 0 Å². The van der Waals surface area contributed by atoms with Gasteiger partial charge in [-0.1, -0.05) is 87.5 Å². The molecule has 0 spiro atoms. The van der Waals surface area contributed by atoms with E-state index in [9.17, 15) is 8.42 Å². The van der Waals surface area contributed by atoms with E-state index in [-0.39, 0.29) is 5.04 Å². The van der Waals surface area contributed by atoms with Gasteiger partial charge in [-0.15, -0.1) is 6.58 Å². The zero-order valence-electron chi connectivity index (χ0n) is 17.7. The van der Waals surface area contributed by atoms with Gasteiger partial charge >= 0.3 is 0 Å². The Morgan fingerprint density at radius 2 is 1.48 bits per heavy atom. The largest absolute Gasteiger partial charge is 0.407 e. The minimum Gasteiger partial charge on any atom is -0.407 e. The lowest BCUT2D eigenvalue weighted by Crippen LogP contribution is -2.66.